The molecule has 0 aromatic heterocycles. The molecule has 1 N–H and O–H groups in total. The summed E-state index contributed by atoms with van der Waals surface area (Å²) in [5.74, 6) is 1.64. The summed E-state index contributed by atoms with van der Waals surface area (Å²) in [4.78, 5) is 30.6. The minimum Gasteiger partial charge on any atom is -0.497 e. The molecule has 3 rings (SSSR count). The SMILES string of the molecule is COc1ccc(CSC(C)(CC(C)C)C(=O)N(c2ccccc2)C2CCCCCCCCCC(OC)NC2=O)cc1. The molecule has 41 heavy (non-hydrogen) atoms. The molecule has 1 saturated heterocycles. The second-order valence-electron chi connectivity index (χ2n) is 11.8. The Morgan fingerprint density at radius 1 is 0.951 bits per heavy atom. The molecule has 0 bridgehead atoms. The molecule has 0 aliphatic carbocycles. The van der Waals surface area contributed by atoms with Crippen LogP contribution in [0.2, 0.25) is 0 Å². The molecule has 7 heteroatoms. The van der Waals surface area contributed by atoms with Gasteiger partial charge < -0.3 is 14.8 Å². The molecule has 6 nitrogen and oxygen atoms in total. The highest BCUT2D eigenvalue weighted by molar-refractivity contribution is 8.00. The molecular formula is C34H50N2O4S. The van der Waals surface area contributed by atoms with Crippen LogP contribution in [-0.2, 0) is 20.1 Å². The predicted octanol–water partition coefficient (Wildman–Crippen LogP) is 7.75. The number of hydrogen-bond donors (Lipinski definition) is 1. The van der Waals surface area contributed by atoms with Crippen LogP contribution in [0.1, 0.15) is 90.5 Å². The molecule has 226 valence electrons. The summed E-state index contributed by atoms with van der Waals surface area (Å²) >= 11 is 1.66. The van der Waals surface area contributed by atoms with Crippen molar-refractivity contribution in [3.05, 3.63) is 60.2 Å². The Morgan fingerprint density at radius 2 is 1.56 bits per heavy atom. The maximum absolute atomic E-state index is 14.8. The predicted molar refractivity (Wildman–Crippen MR) is 170 cm³/mol. The van der Waals surface area contributed by atoms with Gasteiger partial charge in [0.1, 0.15) is 18.0 Å². The van der Waals surface area contributed by atoms with Crippen LogP contribution < -0.4 is 15.0 Å². The Kier molecular flexibility index (Phi) is 13.5. The molecule has 1 heterocycles. The van der Waals surface area contributed by atoms with Crippen LogP contribution in [0.5, 0.6) is 5.75 Å². The van der Waals surface area contributed by atoms with Crippen LogP contribution >= 0.6 is 11.8 Å². The minimum absolute atomic E-state index is 0.0191. The van der Waals surface area contributed by atoms with Crippen LogP contribution in [0.3, 0.4) is 0 Å². The first kappa shape index (κ1) is 33.0. The number of amides is 2. The van der Waals surface area contributed by atoms with Crippen molar-refractivity contribution >= 4 is 29.3 Å². The third-order valence-corrected chi connectivity index (χ3v) is 9.32. The fraction of sp³-hybridized carbons (Fsp3) is 0.588. The van der Waals surface area contributed by atoms with Crippen LogP contribution in [0.15, 0.2) is 54.6 Å². The van der Waals surface area contributed by atoms with Crippen molar-refractivity contribution in [3.63, 3.8) is 0 Å². The molecule has 2 amide bonds. The Balaban J connectivity index is 1.97. The molecule has 0 saturated carbocycles. The highest BCUT2D eigenvalue weighted by atomic mass is 32.2. The Morgan fingerprint density at radius 3 is 2.15 bits per heavy atom. The molecular weight excluding hydrogens is 532 g/mol. The second kappa shape index (κ2) is 16.8. The third kappa shape index (κ3) is 10.1. The molecule has 1 fully saturated rings. The average molecular weight is 583 g/mol. The lowest BCUT2D eigenvalue weighted by Gasteiger charge is -2.39. The molecule has 1 aliphatic heterocycles. The zero-order valence-electron chi connectivity index (χ0n) is 25.7. The summed E-state index contributed by atoms with van der Waals surface area (Å²) < 4.78 is 10.3. The number of nitrogens with one attached hydrogen (secondary N) is 1. The summed E-state index contributed by atoms with van der Waals surface area (Å²) in [7, 11) is 3.31. The number of rotatable bonds is 10. The number of methoxy groups -OCH3 is 2. The minimum atomic E-state index is -0.730. The monoisotopic (exact) mass is 582 g/mol. The normalized spacial score (nSPS) is 20.6. The van der Waals surface area contributed by atoms with E-state index in [0.29, 0.717) is 24.5 Å². The Bertz CT molecular complexity index is 1060. The largest absolute Gasteiger partial charge is 0.497 e. The van der Waals surface area contributed by atoms with E-state index in [-0.39, 0.29) is 18.0 Å². The van der Waals surface area contributed by atoms with Gasteiger partial charge in [-0.2, -0.15) is 0 Å². The third-order valence-electron chi connectivity index (χ3n) is 7.87. The van der Waals surface area contributed by atoms with E-state index < -0.39 is 10.8 Å². The first-order chi connectivity index (χ1) is 19.8. The van der Waals surface area contributed by atoms with Crippen molar-refractivity contribution in [2.24, 2.45) is 5.92 Å². The van der Waals surface area contributed by atoms with E-state index in [4.69, 9.17) is 9.47 Å². The molecule has 2 aromatic carbocycles. The highest BCUT2D eigenvalue weighted by Crippen LogP contribution is 2.39. The van der Waals surface area contributed by atoms with Gasteiger partial charge in [-0.1, -0.05) is 82.7 Å². The standard InChI is InChI=1S/C34H50N2O4S/c1-26(2)24-34(3,41-25-27-20-22-29(39-4)23-21-27)33(38)36(28-16-12-11-13-17-28)30-18-14-9-7-6-8-10-15-19-31(40-5)35-32(30)37/h11-13,16-17,20-23,26,30-31H,6-10,14-15,18-19,24-25H2,1-5H3,(H,35,37). The molecule has 1 aliphatic rings. The zero-order chi connectivity index (χ0) is 29.7. The van der Waals surface area contributed by atoms with Crippen LogP contribution in [0.4, 0.5) is 5.69 Å². The van der Waals surface area contributed by atoms with Gasteiger partial charge in [-0.05, 0) is 68.4 Å². The number of thioether (sulfide) groups is 1. The van der Waals surface area contributed by atoms with E-state index >= 15 is 0 Å². The van der Waals surface area contributed by atoms with E-state index in [1.165, 1.54) is 12.8 Å². The van der Waals surface area contributed by atoms with E-state index in [2.05, 4.69) is 38.2 Å². The quantitative estimate of drug-likeness (QED) is 0.310. The van der Waals surface area contributed by atoms with Gasteiger partial charge in [-0.3, -0.25) is 14.5 Å². The maximum atomic E-state index is 14.8. The fourth-order valence-corrected chi connectivity index (χ4v) is 7.02. The van der Waals surface area contributed by atoms with Crippen LogP contribution in [0.25, 0.3) is 0 Å². The van der Waals surface area contributed by atoms with E-state index in [9.17, 15) is 9.59 Å². The number of ether oxygens (including phenoxy) is 2. The van der Waals surface area contributed by atoms with Crippen LogP contribution in [-0.4, -0.2) is 43.1 Å². The lowest BCUT2D eigenvalue weighted by Crippen LogP contribution is -2.57. The number of benzene rings is 2. The summed E-state index contributed by atoms with van der Waals surface area (Å²) in [5, 5.41) is 3.15. The molecule has 3 unspecified atom stereocenters. The van der Waals surface area contributed by atoms with Crippen molar-refractivity contribution in [2.45, 2.75) is 108 Å². The van der Waals surface area contributed by atoms with Gasteiger partial charge in [-0.15, -0.1) is 11.8 Å². The Labute approximate surface area is 251 Å². The molecule has 0 spiro atoms. The smallest absolute Gasteiger partial charge is 0.245 e. The van der Waals surface area contributed by atoms with Gasteiger partial charge in [0.2, 0.25) is 11.8 Å². The number of para-hydroxylation sites is 1. The van der Waals surface area contributed by atoms with Gasteiger partial charge >= 0.3 is 0 Å². The first-order valence-corrected chi connectivity index (χ1v) is 16.2. The zero-order valence-corrected chi connectivity index (χ0v) is 26.5. The number of carbonyl (C=O) groups is 2. The van der Waals surface area contributed by atoms with Gasteiger partial charge in [-0.25, -0.2) is 0 Å². The molecule has 3 atom stereocenters. The second-order valence-corrected chi connectivity index (χ2v) is 13.3. The number of carbonyl (C=O) groups excluding carboxylic acids is 2. The summed E-state index contributed by atoms with van der Waals surface area (Å²) in [5.41, 5.74) is 1.89. The van der Waals surface area contributed by atoms with Crippen LogP contribution in [0, 0.1) is 5.92 Å². The maximum Gasteiger partial charge on any atom is 0.245 e. The van der Waals surface area contributed by atoms with Crippen molar-refractivity contribution < 1.29 is 19.1 Å². The topological polar surface area (TPSA) is 67.9 Å². The number of anilines is 1. The summed E-state index contributed by atoms with van der Waals surface area (Å²) in [6.45, 7) is 6.36. The number of hydrogen-bond acceptors (Lipinski definition) is 5. The Hall–Kier alpha value is -2.51. The fourth-order valence-electron chi connectivity index (χ4n) is 5.67. The number of nitrogens with zero attached hydrogens (tertiary/aromatic N) is 1. The van der Waals surface area contributed by atoms with Gasteiger partial charge in [0.15, 0.2) is 0 Å². The van der Waals surface area contributed by atoms with E-state index in [1.807, 2.05) is 42.5 Å². The van der Waals surface area contributed by atoms with Crippen molar-refractivity contribution in [1.29, 1.82) is 0 Å². The van der Waals surface area contributed by atoms with E-state index in [1.54, 1.807) is 30.9 Å². The lowest BCUT2D eigenvalue weighted by molar-refractivity contribution is -0.130. The summed E-state index contributed by atoms with van der Waals surface area (Å²) in [6, 6.07) is 17.1. The molecule has 2 aromatic rings. The van der Waals surface area contributed by atoms with Gasteiger partial charge in [0, 0.05) is 18.6 Å². The first-order valence-electron chi connectivity index (χ1n) is 15.3. The van der Waals surface area contributed by atoms with Crippen molar-refractivity contribution in [1.82, 2.24) is 5.32 Å². The van der Waals surface area contributed by atoms with Crippen molar-refractivity contribution in [2.75, 3.05) is 19.1 Å². The highest BCUT2D eigenvalue weighted by Gasteiger charge is 2.43. The lowest BCUT2D eigenvalue weighted by atomic mass is 9.94. The van der Waals surface area contributed by atoms with E-state index in [0.717, 1.165) is 55.5 Å². The molecule has 0 radical (unpaired) electrons. The van der Waals surface area contributed by atoms with Crippen molar-refractivity contribution in [3.8, 4) is 5.75 Å². The average Bonchev–Trinajstić information content (AvgIpc) is 2.99. The summed E-state index contributed by atoms with van der Waals surface area (Å²) in [6.07, 6.45) is 9.42. The van der Waals surface area contributed by atoms with Gasteiger partial charge in [0.25, 0.3) is 0 Å². The van der Waals surface area contributed by atoms with Gasteiger partial charge in [0.05, 0.1) is 11.9 Å².